The predicted molar refractivity (Wildman–Crippen MR) is 93.5 cm³/mol. The van der Waals surface area contributed by atoms with E-state index in [0.717, 1.165) is 23.8 Å². The molecule has 2 rings (SSSR count). The van der Waals surface area contributed by atoms with Crippen LogP contribution in [0.5, 0.6) is 0 Å². The molecule has 0 saturated heterocycles. The maximum Gasteiger partial charge on any atom is 0.0701 e. The molecule has 1 fully saturated rings. The molecule has 114 valence electrons. The summed E-state index contributed by atoms with van der Waals surface area (Å²) in [6.45, 7) is 8.21. The van der Waals surface area contributed by atoms with Crippen molar-refractivity contribution in [2.75, 3.05) is 6.54 Å². The lowest BCUT2D eigenvalue weighted by molar-refractivity contribution is 0.168. The van der Waals surface area contributed by atoms with Gasteiger partial charge in [0.1, 0.15) is 0 Å². The van der Waals surface area contributed by atoms with Crippen molar-refractivity contribution in [3.05, 3.63) is 20.8 Å². The smallest absolute Gasteiger partial charge is 0.0701 e. The number of halogens is 1. The van der Waals surface area contributed by atoms with Crippen LogP contribution in [0.4, 0.5) is 0 Å². The quantitative estimate of drug-likeness (QED) is 0.709. The highest BCUT2D eigenvalue weighted by atomic mass is 79.9. The van der Waals surface area contributed by atoms with Gasteiger partial charge in [0.05, 0.1) is 3.79 Å². The Bertz CT molecular complexity index is 401. The van der Waals surface area contributed by atoms with Crippen LogP contribution in [0.2, 0.25) is 0 Å². The highest BCUT2D eigenvalue weighted by Crippen LogP contribution is 2.37. The number of thiophene rings is 1. The molecular weight excluding hydrogens is 330 g/mol. The Morgan fingerprint density at radius 2 is 2.15 bits per heavy atom. The van der Waals surface area contributed by atoms with Gasteiger partial charge in [0, 0.05) is 10.9 Å². The Morgan fingerprint density at radius 1 is 1.35 bits per heavy atom. The first-order chi connectivity index (χ1) is 9.60. The van der Waals surface area contributed by atoms with Crippen LogP contribution in [0.1, 0.15) is 51.3 Å². The lowest BCUT2D eigenvalue weighted by Crippen LogP contribution is -2.42. The Hall–Kier alpha value is 0.140. The third kappa shape index (κ3) is 4.57. The molecule has 0 aromatic carbocycles. The average Bonchev–Trinajstić information content (AvgIpc) is 2.82. The van der Waals surface area contributed by atoms with Gasteiger partial charge in [0.2, 0.25) is 0 Å². The summed E-state index contributed by atoms with van der Waals surface area (Å²) in [7, 11) is 0. The van der Waals surface area contributed by atoms with Crippen molar-refractivity contribution in [1.29, 1.82) is 0 Å². The zero-order chi connectivity index (χ0) is 14.5. The molecular formula is C17H28BrNS. The lowest BCUT2D eigenvalue weighted by Gasteiger charge is -2.38. The van der Waals surface area contributed by atoms with Gasteiger partial charge in [-0.3, -0.25) is 0 Å². The Balaban J connectivity index is 2.00. The molecule has 3 heteroatoms. The van der Waals surface area contributed by atoms with Crippen molar-refractivity contribution in [2.45, 2.75) is 58.9 Å². The zero-order valence-corrected chi connectivity index (χ0v) is 15.4. The first kappa shape index (κ1) is 16.5. The summed E-state index contributed by atoms with van der Waals surface area (Å²) in [5, 5.41) is 3.80. The SMILES string of the molecule is CCCNC1CCC(C(C)C)CC1Cc1ccc(Br)s1. The number of nitrogens with one attached hydrogen (secondary N) is 1. The number of hydrogen-bond donors (Lipinski definition) is 1. The van der Waals surface area contributed by atoms with E-state index in [1.165, 1.54) is 47.3 Å². The summed E-state index contributed by atoms with van der Waals surface area (Å²) in [4.78, 5) is 1.54. The minimum Gasteiger partial charge on any atom is -0.314 e. The molecule has 0 aliphatic heterocycles. The van der Waals surface area contributed by atoms with Crippen LogP contribution in [0.25, 0.3) is 0 Å². The second-order valence-electron chi connectivity index (χ2n) is 6.55. The van der Waals surface area contributed by atoms with Gasteiger partial charge in [0.25, 0.3) is 0 Å². The van der Waals surface area contributed by atoms with Gasteiger partial charge in [-0.1, -0.05) is 20.8 Å². The highest BCUT2D eigenvalue weighted by Gasteiger charge is 2.31. The van der Waals surface area contributed by atoms with Crippen molar-refractivity contribution in [3.63, 3.8) is 0 Å². The molecule has 1 heterocycles. The van der Waals surface area contributed by atoms with Gasteiger partial charge < -0.3 is 5.32 Å². The molecule has 1 aliphatic rings. The normalized spacial score (nSPS) is 27.1. The van der Waals surface area contributed by atoms with E-state index in [1.54, 1.807) is 0 Å². The second-order valence-corrected chi connectivity index (χ2v) is 9.10. The fourth-order valence-corrected chi connectivity index (χ4v) is 5.03. The Labute approximate surface area is 136 Å². The first-order valence-corrected chi connectivity index (χ1v) is 9.68. The van der Waals surface area contributed by atoms with Gasteiger partial charge in [-0.15, -0.1) is 11.3 Å². The first-order valence-electron chi connectivity index (χ1n) is 8.07. The van der Waals surface area contributed by atoms with Gasteiger partial charge in [-0.2, -0.15) is 0 Å². The second kappa shape index (κ2) is 7.95. The maximum atomic E-state index is 3.80. The molecule has 0 radical (unpaired) electrons. The van der Waals surface area contributed by atoms with Crippen molar-refractivity contribution in [1.82, 2.24) is 5.32 Å². The monoisotopic (exact) mass is 357 g/mol. The zero-order valence-electron chi connectivity index (χ0n) is 13.0. The molecule has 3 unspecified atom stereocenters. The third-order valence-electron chi connectivity index (χ3n) is 4.71. The standard InChI is InChI=1S/C17H28BrNS/c1-4-9-19-16-7-5-13(12(2)3)10-14(16)11-15-6-8-17(18)20-15/h6,8,12-14,16,19H,4-5,7,9-11H2,1-3H3. The number of hydrogen-bond acceptors (Lipinski definition) is 2. The maximum absolute atomic E-state index is 3.80. The molecule has 0 spiro atoms. The third-order valence-corrected chi connectivity index (χ3v) is 6.36. The van der Waals surface area contributed by atoms with E-state index in [4.69, 9.17) is 0 Å². The van der Waals surface area contributed by atoms with Crippen molar-refractivity contribution < 1.29 is 0 Å². The van der Waals surface area contributed by atoms with Crippen molar-refractivity contribution in [3.8, 4) is 0 Å². The van der Waals surface area contributed by atoms with Crippen LogP contribution in [0.15, 0.2) is 15.9 Å². The van der Waals surface area contributed by atoms with Gasteiger partial charge in [0.15, 0.2) is 0 Å². The Kier molecular flexibility index (Phi) is 6.57. The van der Waals surface area contributed by atoms with Gasteiger partial charge in [-0.05, 0) is 84.5 Å². The minimum absolute atomic E-state index is 0.728. The van der Waals surface area contributed by atoms with E-state index < -0.39 is 0 Å². The molecule has 20 heavy (non-hydrogen) atoms. The van der Waals surface area contributed by atoms with Crippen LogP contribution >= 0.6 is 27.3 Å². The van der Waals surface area contributed by atoms with E-state index in [0.29, 0.717) is 0 Å². The van der Waals surface area contributed by atoms with Crippen LogP contribution in [-0.4, -0.2) is 12.6 Å². The van der Waals surface area contributed by atoms with Crippen LogP contribution in [0.3, 0.4) is 0 Å². The van der Waals surface area contributed by atoms with Crippen LogP contribution in [0, 0.1) is 17.8 Å². The van der Waals surface area contributed by atoms with E-state index in [1.807, 2.05) is 11.3 Å². The van der Waals surface area contributed by atoms with Gasteiger partial charge >= 0.3 is 0 Å². The molecule has 1 aliphatic carbocycles. The van der Waals surface area contributed by atoms with E-state index >= 15 is 0 Å². The van der Waals surface area contributed by atoms with E-state index in [9.17, 15) is 0 Å². The molecule has 1 aromatic rings. The summed E-state index contributed by atoms with van der Waals surface area (Å²) >= 11 is 5.50. The topological polar surface area (TPSA) is 12.0 Å². The molecule has 1 nitrogen and oxygen atoms in total. The fourth-order valence-electron chi connectivity index (χ4n) is 3.45. The predicted octanol–water partition coefficient (Wildman–Crippen LogP) is 5.49. The Morgan fingerprint density at radius 3 is 2.75 bits per heavy atom. The van der Waals surface area contributed by atoms with Crippen molar-refractivity contribution >= 4 is 27.3 Å². The van der Waals surface area contributed by atoms with Crippen LogP contribution < -0.4 is 5.32 Å². The lowest BCUT2D eigenvalue weighted by atomic mass is 9.72. The molecule has 1 N–H and O–H groups in total. The number of rotatable bonds is 6. The highest BCUT2D eigenvalue weighted by molar-refractivity contribution is 9.11. The summed E-state index contributed by atoms with van der Waals surface area (Å²) in [6, 6.07) is 5.22. The summed E-state index contributed by atoms with van der Waals surface area (Å²) < 4.78 is 1.27. The molecule has 3 atom stereocenters. The van der Waals surface area contributed by atoms with Crippen molar-refractivity contribution in [2.24, 2.45) is 17.8 Å². The summed E-state index contributed by atoms with van der Waals surface area (Å²) in [6.07, 6.45) is 6.65. The van der Waals surface area contributed by atoms with Crippen LogP contribution in [-0.2, 0) is 6.42 Å². The van der Waals surface area contributed by atoms with Gasteiger partial charge in [-0.25, -0.2) is 0 Å². The molecule has 1 saturated carbocycles. The molecule has 0 bridgehead atoms. The van der Waals surface area contributed by atoms with E-state index in [-0.39, 0.29) is 0 Å². The summed E-state index contributed by atoms with van der Waals surface area (Å²) in [5.74, 6) is 2.57. The largest absolute Gasteiger partial charge is 0.314 e. The summed E-state index contributed by atoms with van der Waals surface area (Å²) in [5.41, 5.74) is 0. The van der Waals surface area contributed by atoms with E-state index in [2.05, 4.69) is 54.2 Å². The fraction of sp³-hybridized carbons (Fsp3) is 0.765. The molecule has 1 aromatic heterocycles. The average molecular weight is 358 g/mol. The minimum atomic E-state index is 0.728. The molecule has 0 amide bonds.